The average Bonchev–Trinajstić information content (AvgIpc) is 3.07. The summed E-state index contributed by atoms with van der Waals surface area (Å²) in [6.07, 6.45) is 0. The zero-order chi connectivity index (χ0) is 14.0. The Labute approximate surface area is 128 Å². The number of aromatic nitrogens is 2. The van der Waals surface area contributed by atoms with E-state index >= 15 is 0 Å². The maximum Gasteiger partial charge on any atom is 0.0658 e. The molecule has 0 fully saturated rings. The minimum atomic E-state index is 1.10. The molecule has 100 valence electrons. The molecule has 0 aliphatic heterocycles. The summed E-state index contributed by atoms with van der Waals surface area (Å²) in [4.78, 5) is 7.03. The maximum atomic E-state index is 3.78. The van der Waals surface area contributed by atoms with Crippen molar-refractivity contribution in [1.29, 1.82) is 0 Å². The molecule has 0 radical (unpaired) electrons. The largest absolute Gasteiger partial charge is 0.354 e. The van der Waals surface area contributed by atoms with Gasteiger partial charge in [0, 0.05) is 32.6 Å². The molecule has 0 spiro atoms. The van der Waals surface area contributed by atoms with Gasteiger partial charge < -0.3 is 9.97 Å². The van der Waals surface area contributed by atoms with E-state index in [2.05, 4.69) is 80.5 Å². The first-order valence-corrected chi connectivity index (χ1v) is 7.71. The minimum Gasteiger partial charge on any atom is -0.354 e. The van der Waals surface area contributed by atoms with Crippen molar-refractivity contribution in [3.63, 3.8) is 0 Å². The van der Waals surface area contributed by atoms with Gasteiger partial charge in [-0.05, 0) is 34.1 Å². The third kappa shape index (κ3) is 1.41. The van der Waals surface area contributed by atoms with Gasteiger partial charge in [-0.25, -0.2) is 0 Å². The lowest BCUT2D eigenvalue weighted by Crippen LogP contribution is -1.75. The van der Waals surface area contributed by atoms with Crippen molar-refractivity contribution in [3.8, 4) is 0 Å². The van der Waals surface area contributed by atoms with Gasteiger partial charge in [0.15, 0.2) is 0 Å². The highest BCUT2D eigenvalue weighted by atomic mass is 79.9. The number of H-pyrrole nitrogens is 2. The molecule has 3 aromatic carbocycles. The van der Waals surface area contributed by atoms with E-state index in [1.54, 1.807) is 0 Å². The predicted octanol–water partition coefficient (Wildman–Crippen LogP) is 5.72. The Balaban J connectivity index is 2.11. The standard InChI is InChI=1S/C18H11BrN2/c19-16-17-12(10-5-1-3-7-14(10)20-17)9-13-11-6-2-4-8-15(11)21-18(13)16/h1-9,20-21H. The van der Waals surface area contributed by atoms with E-state index in [1.807, 2.05) is 0 Å². The minimum absolute atomic E-state index is 1.10. The second-order valence-corrected chi connectivity index (χ2v) is 6.17. The molecule has 2 N–H and O–H groups in total. The zero-order valence-corrected chi connectivity index (χ0v) is 12.7. The fourth-order valence-electron chi connectivity index (χ4n) is 3.24. The van der Waals surface area contributed by atoms with Crippen LogP contribution in [-0.2, 0) is 0 Å². The Morgan fingerprint density at radius 1 is 0.619 bits per heavy atom. The van der Waals surface area contributed by atoms with Gasteiger partial charge in [0.25, 0.3) is 0 Å². The Kier molecular flexibility index (Phi) is 2.11. The fourth-order valence-corrected chi connectivity index (χ4v) is 3.87. The number of rotatable bonds is 0. The van der Waals surface area contributed by atoms with Crippen LogP contribution in [0.3, 0.4) is 0 Å². The normalized spacial score (nSPS) is 12.0. The highest BCUT2D eigenvalue weighted by Crippen LogP contribution is 2.38. The molecule has 2 heterocycles. The summed E-state index contributed by atoms with van der Waals surface area (Å²) in [6, 6.07) is 19.2. The molecule has 0 aliphatic rings. The second-order valence-electron chi connectivity index (χ2n) is 5.38. The van der Waals surface area contributed by atoms with E-state index in [0.717, 1.165) is 15.5 Å². The van der Waals surface area contributed by atoms with Gasteiger partial charge in [0.05, 0.1) is 15.5 Å². The number of para-hydroxylation sites is 2. The first-order chi connectivity index (χ1) is 10.3. The third-order valence-electron chi connectivity index (χ3n) is 4.22. The van der Waals surface area contributed by atoms with E-state index in [1.165, 1.54) is 32.6 Å². The van der Waals surface area contributed by atoms with Crippen LogP contribution >= 0.6 is 15.9 Å². The van der Waals surface area contributed by atoms with Crippen LogP contribution in [0.15, 0.2) is 59.1 Å². The van der Waals surface area contributed by atoms with Gasteiger partial charge in [0.1, 0.15) is 0 Å². The summed E-state index contributed by atoms with van der Waals surface area (Å²) >= 11 is 3.78. The number of aromatic amines is 2. The highest BCUT2D eigenvalue weighted by Gasteiger charge is 2.13. The molecule has 0 saturated heterocycles. The van der Waals surface area contributed by atoms with Gasteiger partial charge in [-0.15, -0.1) is 0 Å². The average molecular weight is 335 g/mol. The molecule has 0 bridgehead atoms. The summed E-state index contributed by atoms with van der Waals surface area (Å²) < 4.78 is 1.10. The Morgan fingerprint density at radius 3 is 1.62 bits per heavy atom. The molecular weight excluding hydrogens is 324 g/mol. The van der Waals surface area contributed by atoms with Crippen molar-refractivity contribution >= 4 is 59.5 Å². The molecule has 5 rings (SSSR count). The number of nitrogens with one attached hydrogen (secondary N) is 2. The molecule has 21 heavy (non-hydrogen) atoms. The van der Waals surface area contributed by atoms with Crippen molar-refractivity contribution in [1.82, 2.24) is 9.97 Å². The van der Waals surface area contributed by atoms with Gasteiger partial charge in [-0.2, -0.15) is 0 Å². The monoisotopic (exact) mass is 334 g/mol. The van der Waals surface area contributed by atoms with Crippen LogP contribution in [0, 0.1) is 0 Å². The van der Waals surface area contributed by atoms with Crippen LogP contribution in [-0.4, -0.2) is 9.97 Å². The summed E-state index contributed by atoms with van der Waals surface area (Å²) in [5.74, 6) is 0. The van der Waals surface area contributed by atoms with Crippen LogP contribution in [0.25, 0.3) is 43.6 Å². The number of hydrogen-bond donors (Lipinski definition) is 2. The van der Waals surface area contributed by atoms with E-state index < -0.39 is 0 Å². The smallest absolute Gasteiger partial charge is 0.0658 e. The molecular formula is C18H11BrN2. The van der Waals surface area contributed by atoms with E-state index in [4.69, 9.17) is 0 Å². The van der Waals surface area contributed by atoms with Gasteiger partial charge in [-0.3, -0.25) is 0 Å². The number of benzene rings is 3. The molecule has 3 heteroatoms. The summed E-state index contributed by atoms with van der Waals surface area (Å²) in [5.41, 5.74) is 4.64. The predicted molar refractivity (Wildman–Crippen MR) is 92.9 cm³/mol. The lowest BCUT2D eigenvalue weighted by atomic mass is 10.1. The maximum absolute atomic E-state index is 3.78. The van der Waals surface area contributed by atoms with Gasteiger partial charge >= 0.3 is 0 Å². The molecule has 0 unspecified atom stereocenters. The topological polar surface area (TPSA) is 31.6 Å². The van der Waals surface area contributed by atoms with Gasteiger partial charge in [0.2, 0.25) is 0 Å². The van der Waals surface area contributed by atoms with Crippen molar-refractivity contribution in [2.24, 2.45) is 0 Å². The first-order valence-electron chi connectivity index (χ1n) is 6.92. The molecule has 0 aliphatic carbocycles. The zero-order valence-electron chi connectivity index (χ0n) is 11.1. The Morgan fingerprint density at radius 2 is 1.10 bits per heavy atom. The molecule has 0 saturated carbocycles. The Hall–Kier alpha value is -2.26. The van der Waals surface area contributed by atoms with E-state index in [9.17, 15) is 0 Å². The lowest BCUT2D eigenvalue weighted by Gasteiger charge is -1.98. The first kappa shape index (κ1) is 11.4. The molecule has 2 aromatic heterocycles. The molecule has 5 aromatic rings. The summed E-state index contributed by atoms with van der Waals surface area (Å²) in [5, 5.41) is 5.05. The number of hydrogen-bond acceptors (Lipinski definition) is 0. The fraction of sp³-hybridized carbons (Fsp3) is 0. The molecule has 0 amide bonds. The van der Waals surface area contributed by atoms with Crippen LogP contribution in [0.2, 0.25) is 0 Å². The van der Waals surface area contributed by atoms with Crippen molar-refractivity contribution in [2.45, 2.75) is 0 Å². The SMILES string of the molecule is Brc1c2[nH]c3ccccc3c2cc2c1[nH]c1ccccc12. The number of fused-ring (bicyclic) bond motifs is 6. The van der Waals surface area contributed by atoms with Gasteiger partial charge in [-0.1, -0.05) is 36.4 Å². The van der Waals surface area contributed by atoms with Crippen LogP contribution in [0.4, 0.5) is 0 Å². The third-order valence-corrected chi connectivity index (χ3v) is 5.01. The van der Waals surface area contributed by atoms with E-state index in [0.29, 0.717) is 0 Å². The van der Waals surface area contributed by atoms with Crippen LogP contribution < -0.4 is 0 Å². The van der Waals surface area contributed by atoms with Crippen molar-refractivity contribution in [2.75, 3.05) is 0 Å². The molecule has 2 nitrogen and oxygen atoms in total. The lowest BCUT2D eigenvalue weighted by molar-refractivity contribution is 1.51. The van der Waals surface area contributed by atoms with E-state index in [-0.39, 0.29) is 0 Å². The quantitative estimate of drug-likeness (QED) is 0.363. The Bertz CT molecular complexity index is 1060. The van der Waals surface area contributed by atoms with Crippen LogP contribution in [0.1, 0.15) is 0 Å². The molecule has 0 atom stereocenters. The summed E-state index contributed by atoms with van der Waals surface area (Å²) in [6.45, 7) is 0. The number of halogens is 1. The van der Waals surface area contributed by atoms with Crippen molar-refractivity contribution in [3.05, 3.63) is 59.1 Å². The van der Waals surface area contributed by atoms with Crippen LogP contribution in [0.5, 0.6) is 0 Å². The second kappa shape index (κ2) is 3.89. The summed E-state index contributed by atoms with van der Waals surface area (Å²) in [7, 11) is 0. The van der Waals surface area contributed by atoms with Crippen molar-refractivity contribution < 1.29 is 0 Å². The highest BCUT2D eigenvalue weighted by molar-refractivity contribution is 9.10.